The highest BCUT2D eigenvalue weighted by Gasteiger charge is 2.17. The van der Waals surface area contributed by atoms with Crippen molar-refractivity contribution >= 4 is 11.6 Å². The van der Waals surface area contributed by atoms with Crippen molar-refractivity contribution in [3.63, 3.8) is 0 Å². The monoisotopic (exact) mass is 219 g/mol. The van der Waals surface area contributed by atoms with Crippen LogP contribution in [0.1, 0.15) is 26.7 Å². The molecule has 0 radical (unpaired) electrons. The van der Waals surface area contributed by atoms with Crippen molar-refractivity contribution in [2.24, 2.45) is 5.92 Å². The lowest BCUT2D eigenvalue weighted by atomic mass is 10.0. The van der Waals surface area contributed by atoms with Crippen molar-refractivity contribution < 1.29 is 0 Å². The van der Waals surface area contributed by atoms with Gasteiger partial charge in [-0.25, -0.2) is 4.98 Å². The lowest BCUT2D eigenvalue weighted by Crippen LogP contribution is -2.34. The fourth-order valence-electron chi connectivity index (χ4n) is 2.28. The van der Waals surface area contributed by atoms with Crippen LogP contribution in [0.15, 0.2) is 18.2 Å². The second-order valence-electron chi connectivity index (χ2n) is 4.60. The minimum Gasteiger partial charge on any atom is -0.370 e. The van der Waals surface area contributed by atoms with Crippen LogP contribution in [0.5, 0.6) is 0 Å². The highest BCUT2D eigenvalue weighted by Crippen LogP contribution is 2.22. The first-order valence-corrected chi connectivity index (χ1v) is 6.25. The number of nitrogens with one attached hydrogen (secondary N) is 1. The lowest BCUT2D eigenvalue weighted by Gasteiger charge is -2.32. The summed E-state index contributed by atoms with van der Waals surface area (Å²) >= 11 is 0. The summed E-state index contributed by atoms with van der Waals surface area (Å²) in [6.07, 6.45) is 2.64. The van der Waals surface area contributed by atoms with E-state index >= 15 is 0 Å². The Morgan fingerprint density at radius 1 is 1.50 bits per heavy atom. The van der Waals surface area contributed by atoms with Crippen molar-refractivity contribution in [2.45, 2.75) is 26.7 Å². The SMILES string of the molecule is CCNc1cccc(N2CCCC(C)C2)n1. The molecule has 3 nitrogen and oxygen atoms in total. The maximum Gasteiger partial charge on any atom is 0.130 e. The highest BCUT2D eigenvalue weighted by molar-refractivity contribution is 5.47. The molecule has 1 aliphatic rings. The molecule has 0 bridgehead atoms. The van der Waals surface area contributed by atoms with Gasteiger partial charge in [-0.15, -0.1) is 0 Å². The van der Waals surface area contributed by atoms with Crippen molar-refractivity contribution in [1.29, 1.82) is 0 Å². The Morgan fingerprint density at radius 3 is 3.12 bits per heavy atom. The summed E-state index contributed by atoms with van der Waals surface area (Å²) in [5, 5.41) is 3.26. The summed E-state index contributed by atoms with van der Waals surface area (Å²) < 4.78 is 0. The van der Waals surface area contributed by atoms with Gasteiger partial charge in [0.05, 0.1) is 0 Å². The van der Waals surface area contributed by atoms with Crippen LogP contribution in [0.3, 0.4) is 0 Å². The molecule has 1 saturated heterocycles. The third-order valence-electron chi connectivity index (χ3n) is 3.07. The molecule has 0 aromatic carbocycles. The molecule has 0 aliphatic carbocycles. The molecule has 1 unspecified atom stereocenters. The van der Waals surface area contributed by atoms with Crippen molar-refractivity contribution in [3.05, 3.63) is 18.2 Å². The molecule has 0 spiro atoms. The third-order valence-corrected chi connectivity index (χ3v) is 3.07. The van der Waals surface area contributed by atoms with Crippen LogP contribution in [0, 0.1) is 5.92 Å². The van der Waals surface area contributed by atoms with E-state index in [0.29, 0.717) is 0 Å². The molecule has 1 aromatic heterocycles. The fourth-order valence-corrected chi connectivity index (χ4v) is 2.28. The minimum atomic E-state index is 0.790. The van der Waals surface area contributed by atoms with Crippen molar-refractivity contribution in [2.75, 3.05) is 29.9 Å². The number of piperidine rings is 1. The van der Waals surface area contributed by atoms with E-state index in [1.165, 1.54) is 12.8 Å². The van der Waals surface area contributed by atoms with Gasteiger partial charge >= 0.3 is 0 Å². The number of anilines is 2. The summed E-state index contributed by atoms with van der Waals surface area (Å²) in [6, 6.07) is 6.22. The van der Waals surface area contributed by atoms with E-state index in [1.807, 2.05) is 6.07 Å². The molecule has 1 aromatic rings. The van der Waals surface area contributed by atoms with Crippen LogP contribution in [0.2, 0.25) is 0 Å². The van der Waals surface area contributed by atoms with E-state index < -0.39 is 0 Å². The van der Waals surface area contributed by atoms with Crippen LogP contribution in [0.25, 0.3) is 0 Å². The smallest absolute Gasteiger partial charge is 0.130 e. The zero-order valence-electron chi connectivity index (χ0n) is 10.2. The number of pyridine rings is 1. The normalized spacial score (nSPS) is 20.9. The molecule has 88 valence electrons. The third kappa shape index (κ3) is 2.65. The number of rotatable bonds is 3. The molecule has 2 rings (SSSR count). The maximum absolute atomic E-state index is 4.64. The fraction of sp³-hybridized carbons (Fsp3) is 0.615. The first kappa shape index (κ1) is 11.2. The summed E-state index contributed by atoms with van der Waals surface area (Å²) in [5.41, 5.74) is 0. The molecule has 16 heavy (non-hydrogen) atoms. The largest absolute Gasteiger partial charge is 0.370 e. The lowest BCUT2D eigenvalue weighted by molar-refractivity contribution is 0.444. The van der Waals surface area contributed by atoms with Gasteiger partial charge in [0.1, 0.15) is 11.6 Å². The van der Waals surface area contributed by atoms with Crippen LogP contribution >= 0.6 is 0 Å². The summed E-state index contributed by atoms with van der Waals surface area (Å²) in [6.45, 7) is 7.62. The molecular weight excluding hydrogens is 198 g/mol. The van der Waals surface area contributed by atoms with E-state index in [2.05, 4.69) is 41.2 Å². The Hall–Kier alpha value is -1.25. The van der Waals surface area contributed by atoms with Crippen LogP contribution in [0.4, 0.5) is 11.6 Å². The molecule has 0 saturated carbocycles. The topological polar surface area (TPSA) is 28.2 Å². The Bertz CT molecular complexity index is 338. The second kappa shape index (κ2) is 5.19. The molecule has 1 fully saturated rings. The van der Waals surface area contributed by atoms with Gasteiger partial charge in [0.15, 0.2) is 0 Å². The van der Waals surface area contributed by atoms with Crippen molar-refractivity contribution in [1.82, 2.24) is 4.98 Å². The van der Waals surface area contributed by atoms with Gasteiger partial charge in [0.2, 0.25) is 0 Å². The summed E-state index contributed by atoms with van der Waals surface area (Å²) in [5.74, 6) is 2.89. The zero-order chi connectivity index (χ0) is 11.4. The summed E-state index contributed by atoms with van der Waals surface area (Å²) in [7, 11) is 0. The molecule has 2 heterocycles. The molecule has 1 aliphatic heterocycles. The average molecular weight is 219 g/mol. The van der Waals surface area contributed by atoms with E-state index in [4.69, 9.17) is 0 Å². The average Bonchev–Trinajstić information content (AvgIpc) is 2.30. The first-order valence-electron chi connectivity index (χ1n) is 6.25. The van der Waals surface area contributed by atoms with Crippen LogP contribution in [-0.2, 0) is 0 Å². The van der Waals surface area contributed by atoms with E-state index in [9.17, 15) is 0 Å². The van der Waals surface area contributed by atoms with Crippen LogP contribution < -0.4 is 10.2 Å². The molecule has 1 N–H and O–H groups in total. The van der Waals surface area contributed by atoms with Gasteiger partial charge in [0, 0.05) is 19.6 Å². The Kier molecular flexibility index (Phi) is 3.65. The van der Waals surface area contributed by atoms with Gasteiger partial charge in [-0.05, 0) is 37.8 Å². The first-order chi connectivity index (χ1) is 7.79. The number of nitrogens with zero attached hydrogens (tertiary/aromatic N) is 2. The van der Waals surface area contributed by atoms with E-state index in [0.717, 1.165) is 37.2 Å². The van der Waals surface area contributed by atoms with E-state index in [1.54, 1.807) is 0 Å². The second-order valence-corrected chi connectivity index (χ2v) is 4.60. The number of hydrogen-bond acceptors (Lipinski definition) is 3. The highest BCUT2D eigenvalue weighted by atomic mass is 15.2. The predicted molar refractivity (Wildman–Crippen MR) is 69.0 cm³/mol. The zero-order valence-corrected chi connectivity index (χ0v) is 10.2. The Labute approximate surface area is 97.9 Å². The van der Waals surface area contributed by atoms with Gasteiger partial charge in [-0.2, -0.15) is 0 Å². The van der Waals surface area contributed by atoms with Gasteiger partial charge in [-0.3, -0.25) is 0 Å². The molecule has 0 amide bonds. The summed E-state index contributed by atoms with van der Waals surface area (Å²) in [4.78, 5) is 7.03. The van der Waals surface area contributed by atoms with Gasteiger partial charge in [0.25, 0.3) is 0 Å². The predicted octanol–water partition coefficient (Wildman–Crippen LogP) is 2.75. The molecule has 1 atom stereocenters. The standard InChI is InChI=1S/C13H21N3/c1-3-14-12-7-4-8-13(15-12)16-9-5-6-11(2)10-16/h4,7-8,11H,3,5-6,9-10H2,1-2H3,(H,14,15). The van der Waals surface area contributed by atoms with E-state index in [-0.39, 0.29) is 0 Å². The van der Waals surface area contributed by atoms with Gasteiger partial charge in [-0.1, -0.05) is 13.0 Å². The Morgan fingerprint density at radius 2 is 2.38 bits per heavy atom. The minimum absolute atomic E-state index is 0.790. The number of hydrogen-bond donors (Lipinski definition) is 1. The maximum atomic E-state index is 4.64. The van der Waals surface area contributed by atoms with Crippen molar-refractivity contribution in [3.8, 4) is 0 Å². The van der Waals surface area contributed by atoms with Gasteiger partial charge < -0.3 is 10.2 Å². The number of aromatic nitrogens is 1. The van der Waals surface area contributed by atoms with Crippen LogP contribution in [-0.4, -0.2) is 24.6 Å². The quantitative estimate of drug-likeness (QED) is 0.847. The molecular formula is C13H21N3. The Balaban J connectivity index is 2.09. The molecule has 3 heteroatoms.